The first-order valence-electron chi connectivity index (χ1n) is 11.5. The Kier molecular flexibility index (Phi) is 4.92. The smallest absolute Gasteiger partial charge is 0.311 e. The Morgan fingerprint density at radius 3 is 3.09 bits per heavy atom. The summed E-state index contributed by atoms with van der Waals surface area (Å²) in [7, 11) is 0. The summed E-state index contributed by atoms with van der Waals surface area (Å²) in [6.07, 6.45) is 1.85. The molecule has 1 aliphatic carbocycles. The fourth-order valence-electron chi connectivity index (χ4n) is 5.31. The van der Waals surface area contributed by atoms with Gasteiger partial charge in [-0.2, -0.15) is 0 Å². The molecule has 6 rings (SSSR count). The number of nitrogens with one attached hydrogen (secondary N) is 1. The second kappa shape index (κ2) is 7.85. The standard InChI is InChI=1S/C26H27N3O3S/c1-16-3-2-4-21(23(16)32-13-17-5-6-19-11-27-8-7-18(19)9-17)22-14-33-25(28-22)29-12-20-10-26(20,15-29)24(30)31/h2-6,9,14,20,27H,7-8,10-13,15H2,1H3,(H,30,31)/t20-,26-/m0/s1. The van der Waals surface area contributed by atoms with Crippen molar-refractivity contribution >= 4 is 22.4 Å². The van der Waals surface area contributed by atoms with Crippen molar-refractivity contribution in [2.75, 3.05) is 24.5 Å². The second-order valence-corrected chi connectivity index (χ2v) is 10.4. The molecule has 3 aliphatic rings. The van der Waals surface area contributed by atoms with Crippen molar-refractivity contribution in [2.45, 2.75) is 32.9 Å². The number of carboxylic acid groups (broad SMARTS) is 1. The van der Waals surface area contributed by atoms with E-state index in [1.165, 1.54) is 16.7 Å². The highest BCUT2D eigenvalue weighted by Crippen LogP contribution is 2.58. The van der Waals surface area contributed by atoms with Gasteiger partial charge in [0.2, 0.25) is 0 Å². The van der Waals surface area contributed by atoms with Crippen LogP contribution < -0.4 is 15.0 Å². The molecule has 2 atom stereocenters. The summed E-state index contributed by atoms with van der Waals surface area (Å²) < 4.78 is 6.36. The number of hydrogen-bond donors (Lipinski definition) is 2. The molecule has 0 spiro atoms. The van der Waals surface area contributed by atoms with Gasteiger partial charge in [-0.15, -0.1) is 11.3 Å². The Labute approximate surface area is 197 Å². The van der Waals surface area contributed by atoms with Crippen molar-refractivity contribution in [3.8, 4) is 17.0 Å². The average Bonchev–Trinajstić information content (AvgIpc) is 3.17. The Balaban J connectivity index is 1.22. The summed E-state index contributed by atoms with van der Waals surface area (Å²) in [6, 6.07) is 12.8. The van der Waals surface area contributed by atoms with Gasteiger partial charge in [0.1, 0.15) is 12.4 Å². The van der Waals surface area contributed by atoms with E-state index in [1.807, 2.05) is 6.07 Å². The number of rotatable bonds is 6. The molecule has 1 saturated carbocycles. The maximum absolute atomic E-state index is 11.7. The van der Waals surface area contributed by atoms with Crippen molar-refractivity contribution in [1.29, 1.82) is 0 Å². The van der Waals surface area contributed by atoms with Gasteiger partial charge in [0, 0.05) is 30.6 Å². The minimum atomic E-state index is -0.667. The van der Waals surface area contributed by atoms with E-state index in [9.17, 15) is 9.90 Å². The lowest BCUT2D eigenvalue weighted by molar-refractivity contribution is -0.143. The van der Waals surface area contributed by atoms with Crippen LogP contribution in [0.5, 0.6) is 5.75 Å². The molecule has 170 valence electrons. The lowest BCUT2D eigenvalue weighted by Gasteiger charge is -2.19. The average molecular weight is 462 g/mol. The fraction of sp³-hybridized carbons (Fsp3) is 0.385. The predicted molar refractivity (Wildman–Crippen MR) is 129 cm³/mol. The number of benzene rings is 2. The number of piperidine rings is 1. The van der Waals surface area contributed by atoms with Crippen LogP contribution in [-0.4, -0.2) is 35.7 Å². The van der Waals surface area contributed by atoms with Crippen LogP contribution >= 0.6 is 11.3 Å². The molecule has 7 heteroatoms. The van der Waals surface area contributed by atoms with Crippen LogP contribution in [0.25, 0.3) is 11.3 Å². The quantitative estimate of drug-likeness (QED) is 0.572. The zero-order valence-corrected chi connectivity index (χ0v) is 19.5. The molecule has 1 aromatic heterocycles. The SMILES string of the molecule is Cc1cccc(-c2csc(N3C[C@@H]4C[C@]4(C(=O)O)C3)n2)c1OCc1ccc2c(c1)CCNC2. The van der Waals surface area contributed by atoms with Gasteiger partial charge < -0.3 is 20.1 Å². The maximum atomic E-state index is 11.7. The molecule has 6 nitrogen and oxygen atoms in total. The molecule has 0 radical (unpaired) electrons. The molecule has 3 heterocycles. The first-order chi connectivity index (χ1) is 16.0. The predicted octanol–water partition coefficient (Wildman–Crippen LogP) is 4.25. The van der Waals surface area contributed by atoms with Crippen LogP contribution in [0.3, 0.4) is 0 Å². The summed E-state index contributed by atoms with van der Waals surface area (Å²) in [5.74, 6) is 0.451. The van der Waals surface area contributed by atoms with Crippen LogP contribution in [0.2, 0.25) is 0 Å². The van der Waals surface area contributed by atoms with Crippen LogP contribution in [0.15, 0.2) is 41.8 Å². The van der Waals surface area contributed by atoms with Gasteiger partial charge >= 0.3 is 5.97 Å². The van der Waals surface area contributed by atoms with Gasteiger partial charge in [0.05, 0.1) is 11.1 Å². The van der Waals surface area contributed by atoms with Crippen molar-refractivity contribution in [2.24, 2.45) is 11.3 Å². The molecule has 2 aliphatic heterocycles. The highest BCUT2D eigenvalue weighted by molar-refractivity contribution is 7.14. The monoisotopic (exact) mass is 461 g/mol. The number of ether oxygens (including phenoxy) is 1. The fourth-order valence-corrected chi connectivity index (χ4v) is 6.15. The molecule has 33 heavy (non-hydrogen) atoms. The molecular formula is C26H27N3O3S. The van der Waals surface area contributed by atoms with E-state index in [-0.39, 0.29) is 5.92 Å². The van der Waals surface area contributed by atoms with E-state index in [0.29, 0.717) is 13.2 Å². The molecule has 2 fully saturated rings. The number of aromatic nitrogens is 1. The van der Waals surface area contributed by atoms with Gasteiger partial charge in [-0.1, -0.05) is 30.3 Å². The van der Waals surface area contributed by atoms with Crippen LogP contribution in [-0.2, 0) is 24.4 Å². The lowest BCUT2D eigenvalue weighted by Crippen LogP contribution is -2.28. The molecule has 2 N–H and O–H groups in total. The van der Waals surface area contributed by atoms with Gasteiger partial charge in [-0.25, -0.2) is 4.98 Å². The zero-order chi connectivity index (χ0) is 22.6. The number of thiazole rings is 1. The van der Waals surface area contributed by atoms with E-state index in [2.05, 4.69) is 52.9 Å². The third-order valence-corrected chi connectivity index (χ3v) is 8.26. The Morgan fingerprint density at radius 1 is 1.33 bits per heavy atom. The van der Waals surface area contributed by atoms with Crippen LogP contribution in [0, 0.1) is 18.3 Å². The molecule has 0 unspecified atom stereocenters. The van der Waals surface area contributed by atoms with E-state index in [0.717, 1.165) is 60.2 Å². The number of anilines is 1. The van der Waals surface area contributed by atoms with Gasteiger partial charge in [0.25, 0.3) is 0 Å². The number of nitrogens with zero attached hydrogens (tertiary/aromatic N) is 2. The third-order valence-electron chi connectivity index (χ3n) is 7.36. The lowest BCUT2D eigenvalue weighted by atomic mass is 9.99. The number of aryl methyl sites for hydroxylation is 1. The topological polar surface area (TPSA) is 74.7 Å². The Bertz CT molecular complexity index is 1240. The van der Waals surface area contributed by atoms with Crippen LogP contribution in [0.1, 0.15) is 28.7 Å². The second-order valence-electron chi connectivity index (χ2n) is 9.53. The maximum Gasteiger partial charge on any atom is 0.311 e. The number of fused-ring (bicyclic) bond motifs is 2. The van der Waals surface area contributed by atoms with E-state index in [4.69, 9.17) is 9.72 Å². The van der Waals surface area contributed by atoms with Crippen molar-refractivity contribution in [1.82, 2.24) is 10.3 Å². The molecule has 2 aromatic carbocycles. The number of carboxylic acids is 1. The van der Waals surface area contributed by atoms with Crippen LogP contribution in [0.4, 0.5) is 5.13 Å². The van der Waals surface area contributed by atoms with Crippen molar-refractivity contribution in [3.63, 3.8) is 0 Å². The normalized spacial score (nSPS) is 23.2. The molecule has 1 saturated heterocycles. The largest absolute Gasteiger partial charge is 0.488 e. The summed E-state index contributed by atoms with van der Waals surface area (Å²) in [4.78, 5) is 18.7. The molecule has 0 amide bonds. The molecule has 3 aromatic rings. The van der Waals surface area contributed by atoms with Crippen molar-refractivity contribution < 1.29 is 14.6 Å². The number of para-hydroxylation sites is 1. The van der Waals surface area contributed by atoms with E-state index < -0.39 is 11.4 Å². The summed E-state index contributed by atoms with van der Waals surface area (Å²) in [5, 5.41) is 16.0. The summed E-state index contributed by atoms with van der Waals surface area (Å²) in [6.45, 7) is 5.89. The molecular weight excluding hydrogens is 434 g/mol. The zero-order valence-electron chi connectivity index (χ0n) is 18.6. The summed E-state index contributed by atoms with van der Waals surface area (Å²) in [5.41, 5.74) is 6.37. The van der Waals surface area contributed by atoms with E-state index >= 15 is 0 Å². The number of carbonyl (C=O) groups is 1. The number of aliphatic carboxylic acids is 1. The van der Waals surface area contributed by atoms with Gasteiger partial charge in [-0.05, 0) is 60.5 Å². The Hall–Kier alpha value is -2.90. The third kappa shape index (κ3) is 3.60. The summed E-state index contributed by atoms with van der Waals surface area (Å²) >= 11 is 1.58. The first kappa shape index (κ1) is 20.7. The Morgan fingerprint density at radius 2 is 2.24 bits per heavy atom. The van der Waals surface area contributed by atoms with Crippen molar-refractivity contribution in [3.05, 3.63) is 64.0 Å². The van der Waals surface area contributed by atoms with Gasteiger partial charge in [-0.3, -0.25) is 4.79 Å². The highest BCUT2D eigenvalue weighted by atomic mass is 32.1. The minimum absolute atomic E-state index is 0.257. The molecule has 0 bridgehead atoms. The van der Waals surface area contributed by atoms with E-state index in [1.54, 1.807) is 11.3 Å². The van der Waals surface area contributed by atoms with Gasteiger partial charge in [0.15, 0.2) is 5.13 Å². The minimum Gasteiger partial charge on any atom is -0.488 e. The number of hydrogen-bond acceptors (Lipinski definition) is 6. The first-order valence-corrected chi connectivity index (χ1v) is 12.4. The highest BCUT2D eigenvalue weighted by Gasteiger charge is 2.65.